The molecule has 18 heavy (non-hydrogen) atoms. The number of hydrogen-bond donors (Lipinski definition) is 0. The molecule has 0 radical (unpaired) electrons. The van der Waals surface area contributed by atoms with Gasteiger partial charge in [0.25, 0.3) is 0 Å². The van der Waals surface area contributed by atoms with Gasteiger partial charge < -0.3 is 9.80 Å². The fraction of sp³-hybridized carbons (Fsp3) is 0.667. The monoisotopic (exact) mass is 289 g/mol. The lowest BCUT2D eigenvalue weighted by molar-refractivity contribution is 0.101. The highest BCUT2D eigenvalue weighted by atomic mass is 35.5. The number of aromatic nitrogens is 1. The molecule has 1 rings (SSSR count). The number of anilines is 1. The molecular weight excluding hydrogens is 270 g/mol. The average molecular weight is 290 g/mol. The van der Waals surface area contributed by atoms with E-state index in [1.807, 2.05) is 0 Å². The molecule has 0 unspecified atom stereocenters. The van der Waals surface area contributed by atoms with Crippen molar-refractivity contribution in [1.29, 1.82) is 0 Å². The zero-order valence-corrected chi connectivity index (χ0v) is 12.7. The highest BCUT2D eigenvalue weighted by Crippen LogP contribution is 2.21. The Morgan fingerprint density at radius 1 is 1.39 bits per heavy atom. The van der Waals surface area contributed by atoms with Gasteiger partial charge in [-0.1, -0.05) is 6.92 Å². The lowest BCUT2D eigenvalue weighted by atomic mass is 10.3. The standard InChI is InChI=1S/C12H20ClN3OS/c1-4-5-16(7-6-15(2)3)12-14-10(9-18-12)11(17)8-13/h9H,4-8H2,1-3H3. The van der Waals surface area contributed by atoms with E-state index in [4.69, 9.17) is 11.6 Å². The van der Waals surface area contributed by atoms with Crippen molar-refractivity contribution < 1.29 is 4.79 Å². The van der Waals surface area contributed by atoms with Crippen molar-refractivity contribution in [3.05, 3.63) is 11.1 Å². The van der Waals surface area contributed by atoms with Crippen molar-refractivity contribution in [1.82, 2.24) is 9.88 Å². The molecule has 1 heterocycles. The summed E-state index contributed by atoms with van der Waals surface area (Å²) in [6.45, 7) is 4.98. The second-order valence-electron chi connectivity index (χ2n) is 4.36. The molecule has 0 saturated heterocycles. The molecule has 6 heteroatoms. The number of thiazole rings is 1. The summed E-state index contributed by atoms with van der Waals surface area (Å²) in [4.78, 5) is 20.2. The number of hydrogen-bond acceptors (Lipinski definition) is 5. The van der Waals surface area contributed by atoms with Gasteiger partial charge >= 0.3 is 0 Å². The average Bonchev–Trinajstić information content (AvgIpc) is 2.82. The quantitative estimate of drug-likeness (QED) is 0.544. The minimum Gasteiger partial charge on any atom is -0.347 e. The minimum absolute atomic E-state index is 0.00531. The van der Waals surface area contributed by atoms with Gasteiger partial charge in [-0.2, -0.15) is 0 Å². The second-order valence-corrected chi connectivity index (χ2v) is 5.47. The summed E-state index contributed by atoms with van der Waals surface area (Å²) in [5, 5.41) is 2.70. The molecule has 4 nitrogen and oxygen atoms in total. The summed E-state index contributed by atoms with van der Waals surface area (Å²) in [6, 6.07) is 0. The predicted octanol–water partition coefficient (Wildman–Crippen LogP) is 2.34. The van der Waals surface area contributed by atoms with Gasteiger partial charge in [0.15, 0.2) is 10.9 Å². The molecule has 1 aromatic rings. The van der Waals surface area contributed by atoms with Gasteiger partial charge in [0.2, 0.25) is 0 Å². The van der Waals surface area contributed by atoms with E-state index in [1.54, 1.807) is 5.38 Å². The van der Waals surface area contributed by atoms with Crippen LogP contribution in [0.5, 0.6) is 0 Å². The Balaban J connectivity index is 2.72. The molecule has 0 fully saturated rings. The first-order valence-electron chi connectivity index (χ1n) is 6.02. The lowest BCUT2D eigenvalue weighted by Crippen LogP contribution is -2.32. The van der Waals surface area contributed by atoms with Gasteiger partial charge in [-0.25, -0.2) is 4.98 Å². The number of nitrogens with zero attached hydrogens (tertiary/aromatic N) is 3. The number of Topliss-reactive ketones (excluding diaryl/α,β-unsaturated/α-hetero) is 1. The smallest absolute Gasteiger partial charge is 0.196 e. The summed E-state index contributed by atoms with van der Waals surface area (Å²) >= 11 is 7.04. The molecule has 0 atom stereocenters. The number of carbonyl (C=O) groups excluding carboxylic acids is 1. The van der Waals surface area contributed by atoms with E-state index >= 15 is 0 Å². The number of likely N-dealkylation sites (N-methyl/N-ethyl adjacent to an activating group) is 1. The molecule has 0 saturated carbocycles. The van der Waals surface area contributed by atoms with Crippen LogP contribution in [-0.4, -0.2) is 55.3 Å². The van der Waals surface area contributed by atoms with E-state index in [0.29, 0.717) is 5.69 Å². The zero-order chi connectivity index (χ0) is 13.5. The fourth-order valence-corrected chi connectivity index (χ4v) is 2.52. The molecule has 0 aliphatic heterocycles. The molecule has 0 aromatic carbocycles. The molecule has 0 bridgehead atoms. The van der Waals surface area contributed by atoms with Gasteiger partial charge in [-0.3, -0.25) is 4.79 Å². The molecule has 0 spiro atoms. The third kappa shape index (κ3) is 4.55. The highest BCUT2D eigenvalue weighted by Gasteiger charge is 2.14. The molecular formula is C12H20ClN3OS. The van der Waals surface area contributed by atoms with Crippen LogP contribution in [0.2, 0.25) is 0 Å². The van der Waals surface area contributed by atoms with Crippen LogP contribution in [0.3, 0.4) is 0 Å². The van der Waals surface area contributed by atoms with Crippen molar-refractivity contribution in [3.8, 4) is 0 Å². The van der Waals surface area contributed by atoms with Crippen molar-refractivity contribution in [3.63, 3.8) is 0 Å². The maximum Gasteiger partial charge on any atom is 0.196 e. The summed E-state index contributed by atoms with van der Waals surface area (Å²) in [5.74, 6) is -0.113. The van der Waals surface area contributed by atoms with Crippen LogP contribution in [0.4, 0.5) is 5.13 Å². The molecule has 102 valence electrons. The first-order valence-corrected chi connectivity index (χ1v) is 7.44. The maximum atomic E-state index is 11.5. The Morgan fingerprint density at radius 2 is 2.11 bits per heavy atom. The van der Waals surface area contributed by atoms with Crippen molar-refractivity contribution in [2.75, 3.05) is 44.5 Å². The van der Waals surface area contributed by atoms with Crippen molar-refractivity contribution in [2.45, 2.75) is 13.3 Å². The van der Waals surface area contributed by atoms with Crippen LogP contribution in [0, 0.1) is 0 Å². The van der Waals surface area contributed by atoms with Gasteiger partial charge in [0.1, 0.15) is 5.69 Å². The Kier molecular flexibility index (Phi) is 6.60. The Morgan fingerprint density at radius 3 is 2.67 bits per heavy atom. The number of alkyl halides is 1. The largest absolute Gasteiger partial charge is 0.347 e. The van der Waals surface area contributed by atoms with E-state index in [1.165, 1.54) is 11.3 Å². The van der Waals surface area contributed by atoms with E-state index in [2.05, 4.69) is 35.8 Å². The van der Waals surface area contributed by atoms with Crippen LogP contribution in [-0.2, 0) is 0 Å². The molecule has 0 N–H and O–H groups in total. The Bertz CT molecular complexity index is 381. The third-order valence-electron chi connectivity index (χ3n) is 2.48. The van der Waals surface area contributed by atoms with E-state index < -0.39 is 0 Å². The van der Waals surface area contributed by atoms with Crippen LogP contribution >= 0.6 is 22.9 Å². The van der Waals surface area contributed by atoms with Gasteiger partial charge in [-0.15, -0.1) is 22.9 Å². The summed E-state index contributed by atoms with van der Waals surface area (Å²) in [5.41, 5.74) is 0.482. The first-order chi connectivity index (χ1) is 8.58. The van der Waals surface area contributed by atoms with E-state index in [0.717, 1.165) is 31.2 Å². The molecule has 0 amide bonds. The normalized spacial score (nSPS) is 10.9. The molecule has 1 aromatic heterocycles. The number of rotatable bonds is 8. The summed E-state index contributed by atoms with van der Waals surface area (Å²) < 4.78 is 0. The predicted molar refractivity (Wildman–Crippen MR) is 78.2 cm³/mol. The van der Waals surface area contributed by atoms with Crippen molar-refractivity contribution in [2.24, 2.45) is 0 Å². The maximum absolute atomic E-state index is 11.5. The molecule has 0 aliphatic rings. The topological polar surface area (TPSA) is 36.4 Å². The van der Waals surface area contributed by atoms with Crippen LogP contribution in [0.1, 0.15) is 23.8 Å². The Labute approximate surface area is 118 Å². The van der Waals surface area contributed by atoms with E-state index in [-0.39, 0.29) is 11.7 Å². The zero-order valence-electron chi connectivity index (χ0n) is 11.1. The van der Waals surface area contributed by atoms with Crippen molar-refractivity contribution >= 4 is 33.9 Å². The van der Waals surface area contributed by atoms with Crippen LogP contribution < -0.4 is 4.90 Å². The number of halogens is 1. The number of carbonyl (C=O) groups is 1. The van der Waals surface area contributed by atoms with Gasteiger partial charge in [-0.05, 0) is 20.5 Å². The summed E-state index contributed by atoms with van der Waals surface area (Å²) in [6.07, 6.45) is 1.06. The Hall–Kier alpha value is -0.650. The fourth-order valence-electron chi connectivity index (χ4n) is 1.50. The highest BCUT2D eigenvalue weighted by molar-refractivity contribution is 7.14. The lowest BCUT2D eigenvalue weighted by Gasteiger charge is -2.23. The van der Waals surface area contributed by atoms with Gasteiger partial charge in [0.05, 0.1) is 5.88 Å². The van der Waals surface area contributed by atoms with Crippen LogP contribution in [0.15, 0.2) is 5.38 Å². The third-order valence-corrected chi connectivity index (χ3v) is 3.62. The van der Waals surface area contributed by atoms with E-state index in [9.17, 15) is 4.79 Å². The van der Waals surface area contributed by atoms with Gasteiger partial charge in [0, 0.05) is 25.0 Å². The SMILES string of the molecule is CCCN(CCN(C)C)c1nc(C(=O)CCl)cs1. The minimum atomic E-state index is -0.108. The van der Waals surface area contributed by atoms with Crippen LogP contribution in [0.25, 0.3) is 0 Å². The summed E-state index contributed by atoms with van der Waals surface area (Å²) in [7, 11) is 4.10. The second kappa shape index (κ2) is 7.71. The molecule has 0 aliphatic carbocycles. The first kappa shape index (κ1) is 15.4. The number of ketones is 1.